The maximum absolute atomic E-state index is 13.1. The Hall–Kier alpha value is -3.18. The first-order valence-electron chi connectivity index (χ1n) is 10.4. The zero-order valence-electron chi connectivity index (χ0n) is 18.8. The summed E-state index contributed by atoms with van der Waals surface area (Å²) in [6.45, 7) is 3.75. The number of carbonyl (C=O) groups excluding carboxylic acids is 1. The average molecular weight is 495 g/mol. The van der Waals surface area contributed by atoms with Crippen molar-refractivity contribution in [3.8, 4) is 5.69 Å². The average Bonchev–Trinajstić information content (AvgIpc) is 3.14. The molecule has 0 saturated carbocycles. The summed E-state index contributed by atoms with van der Waals surface area (Å²) in [5.74, 6) is -0.320. The summed E-state index contributed by atoms with van der Waals surface area (Å²) in [7, 11) is -3.26. The summed E-state index contributed by atoms with van der Waals surface area (Å²) in [6.07, 6.45) is -1.36. The molecule has 1 unspecified atom stereocenters. The number of nitrogens with one attached hydrogen (secondary N) is 2. The maximum Gasteiger partial charge on any atom is 0.416 e. The topological polar surface area (TPSA) is 93.1 Å². The van der Waals surface area contributed by atoms with Crippen molar-refractivity contribution in [3.63, 3.8) is 0 Å². The van der Waals surface area contributed by atoms with Crippen LogP contribution in [-0.2, 0) is 22.6 Å². The number of halogens is 3. The van der Waals surface area contributed by atoms with E-state index in [4.69, 9.17) is 0 Å². The molecule has 2 N–H and O–H groups in total. The highest BCUT2D eigenvalue weighted by Crippen LogP contribution is 2.31. The van der Waals surface area contributed by atoms with Gasteiger partial charge < -0.3 is 5.32 Å². The number of hydrogen-bond donors (Lipinski definition) is 2. The second kappa shape index (κ2) is 9.98. The first kappa shape index (κ1) is 25.4. The van der Waals surface area contributed by atoms with Crippen LogP contribution in [0.15, 0.2) is 54.7 Å². The van der Waals surface area contributed by atoms with E-state index >= 15 is 0 Å². The van der Waals surface area contributed by atoms with Crippen LogP contribution in [0.3, 0.4) is 0 Å². The lowest BCUT2D eigenvalue weighted by atomic mass is 10.1. The van der Waals surface area contributed by atoms with Crippen molar-refractivity contribution in [2.24, 2.45) is 0 Å². The molecule has 1 atom stereocenters. The maximum atomic E-state index is 13.1. The lowest BCUT2D eigenvalue weighted by molar-refractivity contribution is -0.137. The number of nitrogens with zero attached hydrogens (tertiary/aromatic N) is 2. The summed E-state index contributed by atoms with van der Waals surface area (Å²) in [5.41, 5.74) is 2.10. The number of amides is 1. The minimum Gasteiger partial charge on any atom is -0.345 e. The van der Waals surface area contributed by atoms with Crippen LogP contribution in [0.25, 0.3) is 5.69 Å². The first-order valence-corrected chi connectivity index (χ1v) is 12.3. The number of benzene rings is 2. The molecule has 7 nitrogen and oxygen atoms in total. The van der Waals surface area contributed by atoms with Crippen LogP contribution in [0.2, 0.25) is 0 Å². The number of aromatic nitrogens is 2. The fourth-order valence-electron chi connectivity index (χ4n) is 3.48. The van der Waals surface area contributed by atoms with Gasteiger partial charge in [-0.05, 0) is 56.2 Å². The van der Waals surface area contributed by atoms with Gasteiger partial charge in [0, 0.05) is 23.4 Å². The number of rotatable bonds is 8. The Balaban J connectivity index is 1.68. The molecule has 1 aromatic heterocycles. The first-order chi connectivity index (χ1) is 15.8. The third-order valence-electron chi connectivity index (χ3n) is 5.27. The van der Waals surface area contributed by atoms with Crippen molar-refractivity contribution in [1.29, 1.82) is 0 Å². The predicted molar refractivity (Wildman–Crippen MR) is 122 cm³/mol. The molecule has 0 radical (unpaired) electrons. The minimum absolute atomic E-state index is 0.260. The van der Waals surface area contributed by atoms with E-state index in [1.54, 1.807) is 38.1 Å². The molecule has 3 aromatic rings. The van der Waals surface area contributed by atoms with Crippen LogP contribution in [0.4, 0.5) is 13.2 Å². The third-order valence-corrected chi connectivity index (χ3v) is 6.00. The molecule has 0 aliphatic heterocycles. The molecule has 2 aromatic carbocycles. The van der Waals surface area contributed by atoms with Crippen LogP contribution in [0, 0.1) is 6.92 Å². The zero-order chi connectivity index (χ0) is 25.1. The molecule has 3 rings (SSSR count). The normalized spacial score (nSPS) is 13.0. The Labute approximate surface area is 196 Å². The second-order valence-electron chi connectivity index (χ2n) is 7.95. The number of sulfonamides is 1. The fourth-order valence-corrected chi connectivity index (χ4v) is 3.96. The Bertz CT molecular complexity index is 1270. The van der Waals surface area contributed by atoms with Gasteiger partial charge in [0.1, 0.15) is 0 Å². The van der Waals surface area contributed by atoms with Gasteiger partial charge in [-0.2, -0.15) is 18.3 Å². The SMILES string of the molecule is Cc1c(C(C)NC(=O)c2ccc(CCNS(C)(=O)=O)cc2)cnn1-c1cccc(C(F)(F)F)c1. The Kier molecular flexibility index (Phi) is 7.47. The van der Waals surface area contributed by atoms with Gasteiger partial charge in [-0.25, -0.2) is 17.8 Å². The largest absolute Gasteiger partial charge is 0.416 e. The van der Waals surface area contributed by atoms with Crippen molar-refractivity contribution in [1.82, 2.24) is 19.8 Å². The zero-order valence-corrected chi connectivity index (χ0v) is 19.7. The molecule has 1 heterocycles. The van der Waals surface area contributed by atoms with E-state index in [2.05, 4.69) is 15.1 Å². The van der Waals surface area contributed by atoms with Gasteiger partial charge in [-0.3, -0.25) is 4.79 Å². The molecule has 0 aliphatic carbocycles. The number of carbonyl (C=O) groups is 1. The van der Waals surface area contributed by atoms with E-state index in [0.717, 1.165) is 24.0 Å². The minimum atomic E-state index is -4.46. The molecule has 0 fully saturated rings. The van der Waals surface area contributed by atoms with E-state index in [-0.39, 0.29) is 18.1 Å². The van der Waals surface area contributed by atoms with E-state index < -0.39 is 27.8 Å². The van der Waals surface area contributed by atoms with Crippen molar-refractivity contribution in [3.05, 3.63) is 82.7 Å². The Morgan fingerprint density at radius 2 is 1.82 bits per heavy atom. The highest BCUT2D eigenvalue weighted by atomic mass is 32.2. The van der Waals surface area contributed by atoms with Crippen LogP contribution in [0.5, 0.6) is 0 Å². The standard InChI is InChI=1S/C23H25F3N4O3S/c1-15(29-22(31)18-9-7-17(8-10-18)11-12-28-34(3,32)33)21-14-27-30(16(21)2)20-6-4-5-19(13-20)23(24,25)26/h4-10,13-15,28H,11-12H2,1-3H3,(H,29,31). The molecule has 0 aliphatic rings. The summed E-state index contributed by atoms with van der Waals surface area (Å²) < 4.78 is 65.2. The van der Waals surface area contributed by atoms with Crippen LogP contribution in [0.1, 0.15) is 45.7 Å². The summed E-state index contributed by atoms with van der Waals surface area (Å²) in [5, 5.41) is 7.09. The second-order valence-corrected chi connectivity index (χ2v) is 9.79. The number of alkyl halides is 3. The molecule has 0 bridgehead atoms. The molecule has 182 valence electrons. The molecular weight excluding hydrogens is 469 g/mol. The van der Waals surface area contributed by atoms with Crippen molar-refractivity contribution < 1.29 is 26.4 Å². The summed E-state index contributed by atoms with van der Waals surface area (Å²) in [6, 6.07) is 11.2. The van der Waals surface area contributed by atoms with Crippen molar-refractivity contribution in [2.75, 3.05) is 12.8 Å². The summed E-state index contributed by atoms with van der Waals surface area (Å²) >= 11 is 0. The van der Waals surface area contributed by atoms with Crippen molar-refractivity contribution in [2.45, 2.75) is 32.5 Å². The monoisotopic (exact) mass is 494 g/mol. The highest BCUT2D eigenvalue weighted by molar-refractivity contribution is 7.88. The van der Waals surface area contributed by atoms with Gasteiger partial charge in [0.05, 0.1) is 29.7 Å². The third kappa shape index (κ3) is 6.45. The molecule has 11 heteroatoms. The lowest BCUT2D eigenvalue weighted by Crippen LogP contribution is -2.27. The van der Waals surface area contributed by atoms with Gasteiger partial charge in [0.15, 0.2) is 0 Å². The van der Waals surface area contributed by atoms with E-state index in [1.165, 1.54) is 23.0 Å². The van der Waals surface area contributed by atoms with E-state index in [0.29, 0.717) is 23.2 Å². The summed E-state index contributed by atoms with van der Waals surface area (Å²) in [4.78, 5) is 12.7. The van der Waals surface area contributed by atoms with E-state index in [1.807, 2.05) is 0 Å². The lowest BCUT2D eigenvalue weighted by Gasteiger charge is -2.15. The van der Waals surface area contributed by atoms with Crippen LogP contribution < -0.4 is 10.0 Å². The van der Waals surface area contributed by atoms with Gasteiger partial charge in [-0.15, -0.1) is 0 Å². The van der Waals surface area contributed by atoms with Crippen LogP contribution >= 0.6 is 0 Å². The van der Waals surface area contributed by atoms with Gasteiger partial charge in [-0.1, -0.05) is 18.2 Å². The quantitative estimate of drug-likeness (QED) is 0.499. The van der Waals surface area contributed by atoms with Gasteiger partial charge in [0.25, 0.3) is 5.91 Å². The Morgan fingerprint density at radius 3 is 2.44 bits per heavy atom. The smallest absolute Gasteiger partial charge is 0.345 e. The van der Waals surface area contributed by atoms with Crippen LogP contribution in [-0.4, -0.2) is 36.9 Å². The molecular formula is C23H25F3N4O3S. The van der Waals surface area contributed by atoms with Crippen molar-refractivity contribution >= 4 is 15.9 Å². The molecule has 1 amide bonds. The van der Waals surface area contributed by atoms with Gasteiger partial charge in [0.2, 0.25) is 10.0 Å². The Morgan fingerprint density at radius 1 is 1.15 bits per heavy atom. The van der Waals surface area contributed by atoms with E-state index in [9.17, 15) is 26.4 Å². The number of hydrogen-bond acceptors (Lipinski definition) is 4. The fraction of sp³-hybridized carbons (Fsp3) is 0.304. The molecule has 0 saturated heterocycles. The molecule has 34 heavy (non-hydrogen) atoms. The highest BCUT2D eigenvalue weighted by Gasteiger charge is 2.30. The molecule has 0 spiro atoms. The predicted octanol–water partition coefficient (Wildman–Crippen LogP) is 3.78. The van der Waals surface area contributed by atoms with Gasteiger partial charge >= 0.3 is 6.18 Å².